The van der Waals surface area contributed by atoms with Crippen molar-refractivity contribution in [1.29, 1.82) is 0 Å². The van der Waals surface area contributed by atoms with Crippen LogP contribution in [-0.2, 0) is 18.4 Å². The van der Waals surface area contributed by atoms with E-state index in [-0.39, 0.29) is 12.5 Å². The van der Waals surface area contributed by atoms with E-state index in [4.69, 9.17) is 9.05 Å². The Morgan fingerprint density at radius 1 is 0.531 bits per heavy atom. The number of hydrogen-bond donors (Lipinski definition) is 2. The molecule has 0 aliphatic heterocycles. The van der Waals surface area contributed by atoms with Gasteiger partial charge in [-0.05, 0) is 38.5 Å². The molecule has 0 rings (SSSR count). The first-order valence-electron chi connectivity index (χ1n) is 27.4. The molecular formula is C55H107N2O6P. The molecule has 0 fully saturated rings. The monoisotopic (exact) mass is 923 g/mol. The van der Waals surface area contributed by atoms with Crippen LogP contribution >= 0.6 is 7.82 Å². The predicted molar refractivity (Wildman–Crippen MR) is 275 cm³/mol. The SMILES string of the molecule is CCC/C=C/CC/C=C/CC/C=C/C(O)C(COP(=O)([O-])OCC[N+](C)(C)C)NC(=O)CCCCCCCCCCCCCCCCCCCCCCCCCCCCCCCCC. The molecule has 8 nitrogen and oxygen atoms in total. The number of nitrogens with one attached hydrogen (secondary N) is 1. The molecule has 0 saturated carbocycles. The highest BCUT2D eigenvalue weighted by Crippen LogP contribution is 2.38. The lowest BCUT2D eigenvalue weighted by molar-refractivity contribution is -0.870. The third-order valence-electron chi connectivity index (χ3n) is 12.3. The smallest absolute Gasteiger partial charge is 0.268 e. The maximum Gasteiger partial charge on any atom is 0.268 e. The van der Waals surface area contributed by atoms with Crippen LogP contribution in [0.25, 0.3) is 0 Å². The van der Waals surface area contributed by atoms with Gasteiger partial charge in [-0.2, -0.15) is 0 Å². The van der Waals surface area contributed by atoms with Crippen LogP contribution in [-0.4, -0.2) is 68.5 Å². The molecule has 0 heterocycles. The largest absolute Gasteiger partial charge is 0.756 e. The zero-order chi connectivity index (χ0) is 47.1. The fraction of sp³-hybridized carbons (Fsp3) is 0.873. The van der Waals surface area contributed by atoms with Gasteiger partial charge in [0.05, 0.1) is 39.9 Å². The first kappa shape index (κ1) is 62.7. The lowest BCUT2D eigenvalue weighted by Crippen LogP contribution is -2.45. The Kier molecular flexibility index (Phi) is 45.9. The van der Waals surface area contributed by atoms with Gasteiger partial charge in [0.1, 0.15) is 13.2 Å². The van der Waals surface area contributed by atoms with Gasteiger partial charge in [-0.15, -0.1) is 0 Å². The number of amides is 1. The van der Waals surface area contributed by atoms with Gasteiger partial charge in [-0.25, -0.2) is 0 Å². The molecule has 0 aromatic rings. The Bertz CT molecular complexity index is 1140. The Balaban J connectivity index is 3.99. The maximum atomic E-state index is 12.9. The average Bonchev–Trinajstić information content (AvgIpc) is 3.25. The van der Waals surface area contributed by atoms with E-state index < -0.39 is 26.6 Å². The Morgan fingerprint density at radius 3 is 1.23 bits per heavy atom. The molecule has 0 radical (unpaired) electrons. The summed E-state index contributed by atoms with van der Waals surface area (Å²) in [5, 5.41) is 13.8. The summed E-state index contributed by atoms with van der Waals surface area (Å²) in [5.41, 5.74) is 0. The summed E-state index contributed by atoms with van der Waals surface area (Å²) in [7, 11) is 1.24. The molecule has 0 aliphatic carbocycles. The molecule has 3 atom stereocenters. The third kappa shape index (κ3) is 48.6. The Morgan fingerprint density at radius 2 is 0.875 bits per heavy atom. The van der Waals surface area contributed by atoms with Gasteiger partial charge in [0.15, 0.2) is 0 Å². The molecule has 0 bridgehead atoms. The van der Waals surface area contributed by atoms with Crippen molar-refractivity contribution >= 4 is 13.7 Å². The quantitative estimate of drug-likeness (QED) is 0.0272. The number of carbonyl (C=O) groups excluding carboxylic acids is 1. The highest BCUT2D eigenvalue weighted by atomic mass is 31.2. The van der Waals surface area contributed by atoms with Crippen molar-refractivity contribution in [2.24, 2.45) is 0 Å². The second-order valence-electron chi connectivity index (χ2n) is 19.9. The van der Waals surface area contributed by atoms with E-state index in [1.807, 2.05) is 27.2 Å². The highest BCUT2D eigenvalue weighted by molar-refractivity contribution is 7.45. The molecule has 64 heavy (non-hydrogen) atoms. The Hall–Kier alpha value is -1.28. The number of rotatable bonds is 50. The first-order chi connectivity index (χ1) is 31.0. The molecule has 0 aromatic carbocycles. The van der Waals surface area contributed by atoms with Gasteiger partial charge in [0.25, 0.3) is 7.82 Å². The van der Waals surface area contributed by atoms with Gasteiger partial charge in [0.2, 0.25) is 5.91 Å². The van der Waals surface area contributed by atoms with Crippen LogP contribution in [0.4, 0.5) is 0 Å². The fourth-order valence-electron chi connectivity index (χ4n) is 8.02. The van der Waals surface area contributed by atoms with E-state index in [0.29, 0.717) is 17.4 Å². The van der Waals surface area contributed by atoms with E-state index in [0.717, 1.165) is 51.4 Å². The molecule has 0 aromatic heterocycles. The minimum Gasteiger partial charge on any atom is -0.756 e. The van der Waals surface area contributed by atoms with Crippen molar-refractivity contribution in [3.05, 3.63) is 36.5 Å². The topological polar surface area (TPSA) is 108 Å². The summed E-state index contributed by atoms with van der Waals surface area (Å²) in [4.78, 5) is 25.3. The van der Waals surface area contributed by atoms with E-state index in [9.17, 15) is 19.4 Å². The highest BCUT2D eigenvalue weighted by Gasteiger charge is 2.23. The van der Waals surface area contributed by atoms with Gasteiger partial charge in [0, 0.05) is 6.42 Å². The van der Waals surface area contributed by atoms with E-state index in [1.165, 1.54) is 186 Å². The van der Waals surface area contributed by atoms with Crippen LogP contribution < -0.4 is 10.2 Å². The molecule has 2 N–H and O–H groups in total. The zero-order valence-corrected chi connectivity index (χ0v) is 43.9. The number of likely N-dealkylation sites (N-methyl/N-ethyl adjacent to an activating group) is 1. The summed E-state index contributed by atoms with van der Waals surface area (Å²) < 4.78 is 23.2. The average molecular weight is 923 g/mol. The number of allylic oxidation sites excluding steroid dienone is 5. The van der Waals surface area contributed by atoms with Crippen LogP contribution in [0.15, 0.2) is 36.5 Å². The van der Waals surface area contributed by atoms with E-state index in [1.54, 1.807) is 6.08 Å². The summed E-state index contributed by atoms with van der Waals surface area (Å²) in [6, 6.07) is -0.906. The van der Waals surface area contributed by atoms with Crippen LogP contribution in [0.5, 0.6) is 0 Å². The number of aliphatic hydroxyl groups is 1. The number of aliphatic hydroxyl groups excluding tert-OH is 1. The van der Waals surface area contributed by atoms with Crippen molar-refractivity contribution in [2.75, 3.05) is 40.9 Å². The summed E-state index contributed by atoms with van der Waals surface area (Å²) in [6.45, 7) is 4.56. The number of phosphoric ester groups is 1. The molecule has 0 aliphatic rings. The van der Waals surface area contributed by atoms with Crippen molar-refractivity contribution in [3.8, 4) is 0 Å². The van der Waals surface area contributed by atoms with Gasteiger partial charge < -0.3 is 28.8 Å². The minimum absolute atomic E-state index is 0.00793. The molecule has 378 valence electrons. The summed E-state index contributed by atoms with van der Waals surface area (Å²) in [6.07, 6.45) is 59.6. The number of hydrogen-bond acceptors (Lipinski definition) is 6. The number of phosphoric acid groups is 1. The molecule has 1 amide bonds. The van der Waals surface area contributed by atoms with Gasteiger partial charge in [-0.3, -0.25) is 9.36 Å². The van der Waals surface area contributed by atoms with Crippen LogP contribution in [0, 0.1) is 0 Å². The minimum atomic E-state index is -4.60. The van der Waals surface area contributed by atoms with Crippen molar-refractivity contribution in [2.45, 2.75) is 270 Å². The number of nitrogens with zero attached hydrogens (tertiary/aromatic N) is 1. The van der Waals surface area contributed by atoms with Crippen LogP contribution in [0.1, 0.15) is 258 Å². The normalized spacial score (nSPS) is 14.3. The fourth-order valence-corrected chi connectivity index (χ4v) is 8.74. The molecule has 0 spiro atoms. The standard InChI is InChI=1S/C55H107N2O6P/c1-6-8-10-12-14-16-18-19-20-21-22-23-24-25-26-27-28-29-30-31-32-33-34-35-36-37-39-41-43-45-47-49-55(59)56-53(52-63-64(60,61)62-51-50-57(3,4)5)54(58)48-46-44-42-40-38-17-15-13-11-9-7-2/h11,13,38,40,46,48,53-54,58H,6-10,12,14-37,39,41-45,47,49-52H2,1-5H3,(H-,56,59,60,61)/b13-11+,40-38+,48-46+. The van der Waals surface area contributed by atoms with Gasteiger partial charge >= 0.3 is 0 Å². The summed E-state index contributed by atoms with van der Waals surface area (Å²) in [5.74, 6) is -0.209. The predicted octanol–water partition coefficient (Wildman–Crippen LogP) is 15.6. The summed E-state index contributed by atoms with van der Waals surface area (Å²) >= 11 is 0. The van der Waals surface area contributed by atoms with Crippen molar-refractivity contribution in [1.82, 2.24) is 5.32 Å². The first-order valence-corrected chi connectivity index (χ1v) is 28.8. The lowest BCUT2D eigenvalue weighted by Gasteiger charge is -2.29. The second-order valence-corrected chi connectivity index (χ2v) is 21.3. The van der Waals surface area contributed by atoms with E-state index in [2.05, 4.69) is 43.5 Å². The Labute approximate surface area is 397 Å². The van der Waals surface area contributed by atoms with E-state index >= 15 is 0 Å². The number of quaternary nitrogens is 1. The molecule has 3 unspecified atom stereocenters. The van der Waals surface area contributed by atoms with Crippen LogP contribution in [0.2, 0.25) is 0 Å². The zero-order valence-electron chi connectivity index (χ0n) is 43.0. The number of carbonyl (C=O) groups is 1. The molecule has 0 saturated heterocycles. The van der Waals surface area contributed by atoms with Crippen molar-refractivity contribution in [3.63, 3.8) is 0 Å². The second kappa shape index (κ2) is 46.8. The molecule has 9 heteroatoms. The van der Waals surface area contributed by atoms with Crippen LogP contribution in [0.3, 0.4) is 0 Å². The maximum absolute atomic E-state index is 12.9. The number of unbranched alkanes of at least 4 members (excludes halogenated alkanes) is 33. The molecular weight excluding hydrogens is 816 g/mol. The third-order valence-corrected chi connectivity index (χ3v) is 13.3. The van der Waals surface area contributed by atoms with Crippen molar-refractivity contribution < 1.29 is 32.9 Å². The lowest BCUT2D eigenvalue weighted by atomic mass is 10.0. The van der Waals surface area contributed by atoms with Gasteiger partial charge in [-0.1, -0.05) is 249 Å².